The highest BCUT2D eigenvalue weighted by Gasteiger charge is 2.27. The largest absolute Gasteiger partial charge is 0.335 e. The zero-order valence-corrected chi connectivity index (χ0v) is 17.4. The maximum Gasteiger partial charge on any atom is 0.272 e. The molecule has 3 rings (SSSR count). The van der Waals surface area contributed by atoms with Gasteiger partial charge in [-0.15, -0.1) is 0 Å². The van der Waals surface area contributed by atoms with Crippen LogP contribution in [0.3, 0.4) is 0 Å². The summed E-state index contributed by atoms with van der Waals surface area (Å²) in [5, 5.41) is 7.24. The summed E-state index contributed by atoms with van der Waals surface area (Å²) in [6.45, 7) is 8.79. The van der Waals surface area contributed by atoms with E-state index in [-0.39, 0.29) is 29.6 Å². The standard InChI is InChI=1S/C21H28FN5O2/c1-21(2,3)18-13-17(25(4)24-18)20(29)27-11-9-26(10-12-27)14-19(28)23-16-7-5-15(22)6-8-16/h5-8,13H,9-12,14H2,1-4H3,(H,23,28). The third-order valence-electron chi connectivity index (χ3n) is 5.02. The number of benzene rings is 1. The third kappa shape index (κ3) is 5.20. The molecule has 0 bridgehead atoms. The van der Waals surface area contributed by atoms with Crippen LogP contribution < -0.4 is 5.32 Å². The molecule has 1 aliphatic heterocycles. The van der Waals surface area contributed by atoms with Gasteiger partial charge in [-0.05, 0) is 30.3 Å². The minimum Gasteiger partial charge on any atom is -0.335 e. The number of amides is 2. The molecule has 1 aliphatic rings. The summed E-state index contributed by atoms with van der Waals surface area (Å²) in [5.41, 5.74) is 1.92. The number of aryl methyl sites for hydroxylation is 1. The van der Waals surface area contributed by atoms with Gasteiger partial charge in [-0.2, -0.15) is 5.10 Å². The topological polar surface area (TPSA) is 70.5 Å². The van der Waals surface area contributed by atoms with Crippen LogP contribution in [0.4, 0.5) is 10.1 Å². The molecule has 1 aromatic carbocycles. The Morgan fingerprint density at radius 3 is 2.28 bits per heavy atom. The van der Waals surface area contributed by atoms with Gasteiger partial charge in [0.25, 0.3) is 5.91 Å². The third-order valence-corrected chi connectivity index (χ3v) is 5.02. The quantitative estimate of drug-likeness (QED) is 0.853. The van der Waals surface area contributed by atoms with Crippen molar-refractivity contribution in [1.29, 1.82) is 0 Å². The molecule has 0 saturated carbocycles. The molecule has 2 aromatic rings. The Balaban J connectivity index is 1.52. The molecule has 1 N–H and O–H groups in total. The zero-order valence-electron chi connectivity index (χ0n) is 17.4. The summed E-state index contributed by atoms with van der Waals surface area (Å²) in [4.78, 5) is 28.9. The van der Waals surface area contributed by atoms with Crippen molar-refractivity contribution in [2.45, 2.75) is 26.2 Å². The van der Waals surface area contributed by atoms with Crippen molar-refractivity contribution in [3.8, 4) is 0 Å². The van der Waals surface area contributed by atoms with Crippen LogP contribution in [0.25, 0.3) is 0 Å². The van der Waals surface area contributed by atoms with Crippen LogP contribution in [0.2, 0.25) is 0 Å². The van der Waals surface area contributed by atoms with Gasteiger partial charge < -0.3 is 10.2 Å². The molecule has 7 nitrogen and oxygen atoms in total. The molecule has 8 heteroatoms. The van der Waals surface area contributed by atoms with Crippen molar-refractivity contribution in [2.75, 3.05) is 38.0 Å². The minimum atomic E-state index is -0.341. The fraction of sp³-hybridized carbons (Fsp3) is 0.476. The van der Waals surface area contributed by atoms with Crippen molar-refractivity contribution in [2.24, 2.45) is 7.05 Å². The smallest absolute Gasteiger partial charge is 0.272 e. The van der Waals surface area contributed by atoms with Crippen LogP contribution in [0, 0.1) is 5.82 Å². The molecule has 0 aliphatic carbocycles. The van der Waals surface area contributed by atoms with Gasteiger partial charge in [0.05, 0.1) is 12.2 Å². The summed E-state index contributed by atoms with van der Waals surface area (Å²) in [5.74, 6) is -0.532. The van der Waals surface area contributed by atoms with Crippen LogP contribution in [0.1, 0.15) is 37.0 Å². The van der Waals surface area contributed by atoms with Gasteiger partial charge >= 0.3 is 0 Å². The molecular weight excluding hydrogens is 373 g/mol. The lowest BCUT2D eigenvalue weighted by molar-refractivity contribution is -0.117. The molecule has 1 fully saturated rings. The number of carbonyl (C=O) groups is 2. The van der Waals surface area contributed by atoms with Crippen LogP contribution >= 0.6 is 0 Å². The fourth-order valence-electron chi connectivity index (χ4n) is 3.24. The van der Waals surface area contributed by atoms with Gasteiger partial charge in [-0.1, -0.05) is 20.8 Å². The fourth-order valence-corrected chi connectivity index (χ4v) is 3.24. The second-order valence-electron chi connectivity index (χ2n) is 8.41. The van der Waals surface area contributed by atoms with Gasteiger partial charge in [-0.3, -0.25) is 19.2 Å². The van der Waals surface area contributed by atoms with E-state index in [2.05, 4.69) is 31.2 Å². The monoisotopic (exact) mass is 401 g/mol. The van der Waals surface area contributed by atoms with Gasteiger partial charge in [0.1, 0.15) is 11.5 Å². The second kappa shape index (κ2) is 8.32. The summed E-state index contributed by atoms with van der Waals surface area (Å²) < 4.78 is 14.6. The molecular formula is C21H28FN5O2. The van der Waals surface area contributed by atoms with Crippen LogP contribution in [-0.2, 0) is 17.3 Å². The summed E-state index contributed by atoms with van der Waals surface area (Å²) in [6, 6.07) is 7.55. The molecule has 0 spiro atoms. The van der Waals surface area contributed by atoms with E-state index in [1.54, 1.807) is 16.6 Å². The van der Waals surface area contributed by atoms with Gasteiger partial charge in [0.2, 0.25) is 5.91 Å². The van der Waals surface area contributed by atoms with Crippen LogP contribution in [0.5, 0.6) is 0 Å². The van der Waals surface area contributed by atoms with Crippen molar-refractivity contribution >= 4 is 17.5 Å². The average molecular weight is 401 g/mol. The molecule has 2 heterocycles. The van der Waals surface area contributed by atoms with E-state index in [0.29, 0.717) is 37.6 Å². The maximum absolute atomic E-state index is 12.9. The van der Waals surface area contributed by atoms with Gasteiger partial charge in [0.15, 0.2) is 0 Å². The predicted molar refractivity (Wildman–Crippen MR) is 109 cm³/mol. The van der Waals surface area contributed by atoms with E-state index in [1.165, 1.54) is 24.3 Å². The number of aromatic nitrogens is 2. The van der Waals surface area contributed by atoms with Crippen molar-refractivity contribution in [3.05, 3.63) is 47.5 Å². The average Bonchev–Trinajstić information content (AvgIpc) is 3.06. The van der Waals surface area contributed by atoms with Crippen molar-refractivity contribution < 1.29 is 14.0 Å². The summed E-state index contributed by atoms with van der Waals surface area (Å²) in [7, 11) is 1.79. The Morgan fingerprint density at radius 1 is 1.10 bits per heavy atom. The van der Waals surface area contributed by atoms with Crippen LogP contribution in [0.15, 0.2) is 30.3 Å². The second-order valence-corrected chi connectivity index (χ2v) is 8.41. The Morgan fingerprint density at radius 2 is 1.72 bits per heavy atom. The van der Waals surface area contributed by atoms with E-state index in [4.69, 9.17) is 0 Å². The van der Waals surface area contributed by atoms with Crippen molar-refractivity contribution in [1.82, 2.24) is 19.6 Å². The van der Waals surface area contributed by atoms with Crippen LogP contribution in [-0.4, -0.2) is 64.1 Å². The highest BCUT2D eigenvalue weighted by molar-refractivity contribution is 5.93. The number of nitrogens with zero attached hydrogens (tertiary/aromatic N) is 4. The lowest BCUT2D eigenvalue weighted by atomic mass is 9.92. The Bertz CT molecular complexity index is 877. The number of halogens is 1. The zero-order chi connectivity index (χ0) is 21.2. The molecule has 1 aromatic heterocycles. The normalized spacial score (nSPS) is 15.4. The lowest BCUT2D eigenvalue weighted by Gasteiger charge is -2.34. The number of anilines is 1. The number of rotatable bonds is 4. The SMILES string of the molecule is Cn1nc(C(C)(C)C)cc1C(=O)N1CCN(CC(=O)Nc2ccc(F)cc2)CC1. The first-order valence-electron chi connectivity index (χ1n) is 9.75. The molecule has 2 amide bonds. The highest BCUT2D eigenvalue weighted by Crippen LogP contribution is 2.22. The molecule has 156 valence electrons. The van der Waals surface area contributed by atoms with Crippen molar-refractivity contribution in [3.63, 3.8) is 0 Å². The van der Waals surface area contributed by atoms with E-state index < -0.39 is 0 Å². The predicted octanol–water partition coefficient (Wildman–Crippen LogP) is 2.25. The minimum absolute atomic E-state index is 0.0362. The Hall–Kier alpha value is -2.74. The number of nitrogens with one attached hydrogen (secondary N) is 1. The van der Waals surface area contributed by atoms with E-state index in [1.807, 2.05) is 11.0 Å². The summed E-state index contributed by atoms with van der Waals surface area (Å²) in [6.07, 6.45) is 0. The molecule has 1 saturated heterocycles. The first-order valence-corrected chi connectivity index (χ1v) is 9.75. The number of hydrogen-bond donors (Lipinski definition) is 1. The molecule has 29 heavy (non-hydrogen) atoms. The number of hydrogen-bond acceptors (Lipinski definition) is 4. The Labute approximate surface area is 170 Å². The first kappa shape index (κ1) is 21.0. The maximum atomic E-state index is 12.9. The number of carbonyl (C=O) groups excluding carboxylic acids is 2. The Kier molecular flexibility index (Phi) is 6.02. The lowest BCUT2D eigenvalue weighted by Crippen LogP contribution is -2.50. The van der Waals surface area contributed by atoms with E-state index >= 15 is 0 Å². The van der Waals surface area contributed by atoms with E-state index in [0.717, 1.165) is 5.69 Å². The first-order chi connectivity index (χ1) is 13.6. The van der Waals surface area contributed by atoms with Gasteiger partial charge in [0, 0.05) is 44.3 Å². The summed E-state index contributed by atoms with van der Waals surface area (Å²) >= 11 is 0. The van der Waals surface area contributed by atoms with E-state index in [9.17, 15) is 14.0 Å². The highest BCUT2D eigenvalue weighted by atomic mass is 19.1. The number of piperazine rings is 1. The molecule has 0 atom stereocenters. The van der Waals surface area contributed by atoms with Gasteiger partial charge in [-0.25, -0.2) is 4.39 Å². The molecule has 0 unspecified atom stereocenters. The molecule has 0 radical (unpaired) electrons.